The Morgan fingerprint density at radius 1 is 1.33 bits per heavy atom. The molecule has 2 heterocycles. The molecule has 0 spiro atoms. The highest BCUT2D eigenvalue weighted by atomic mass is 16.5. The average Bonchev–Trinajstić information content (AvgIpc) is 2.56. The van der Waals surface area contributed by atoms with Crippen LogP contribution in [0.15, 0.2) is 36.5 Å². The molecule has 2 atom stereocenters. The summed E-state index contributed by atoms with van der Waals surface area (Å²) in [6.45, 7) is 0.910. The molecule has 0 saturated carbocycles. The summed E-state index contributed by atoms with van der Waals surface area (Å²) < 4.78 is 5.80. The first kappa shape index (κ1) is 14.4. The molecule has 1 saturated heterocycles. The van der Waals surface area contributed by atoms with Gasteiger partial charge in [-0.25, -0.2) is 0 Å². The predicted molar refractivity (Wildman–Crippen MR) is 84.6 cm³/mol. The lowest BCUT2D eigenvalue weighted by Gasteiger charge is -2.25. The summed E-state index contributed by atoms with van der Waals surface area (Å²) in [6, 6.07) is 10.6. The van der Waals surface area contributed by atoms with Crippen LogP contribution in [0.25, 0.3) is 10.9 Å². The Kier molecular flexibility index (Phi) is 4.80. The van der Waals surface area contributed by atoms with E-state index in [0.29, 0.717) is 6.10 Å². The predicted octanol–water partition coefficient (Wildman–Crippen LogP) is 3.09. The zero-order chi connectivity index (χ0) is 14.5. The molecule has 112 valence electrons. The van der Waals surface area contributed by atoms with Crippen LogP contribution in [0.3, 0.4) is 0 Å². The van der Waals surface area contributed by atoms with E-state index in [1.54, 1.807) is 0 Å². The number of nitrogens with one attached hydrogen (secondary N) is 1. The Labute approximate surface area is 125 Å². The fourth-order valence-corrected chi connectivity index (χ4v) is 3.04. The third-order valence-corrected chi connectivity index (χ3v) is 4.28. The van der Waals surface area contributed by atoms with Gasteiger partial charge in [0.15, 0.2) is 0 Å². The third kappa shape index (κ3) is 3.59. The Bertz CT molecular complexity index is 581. The maximum atomic E-state index is 5.80. The monoisotopic (exact) mass is 285 g/mol. The second-order valence-corrected chi connectivity index (χ2v) is 5.74. The largest absolute Gasteiger partial charge is 0.378 e. The zero-order valence-electron chi connectivity index (χ0n) is 12.3. The SMILES string of the molecule is NNC(CCC1CCCCO1)c1ccc2ncccc2c1. The van der Waals surface area contributed by atoms with Crippen LogP contribution in [0.1, 0.15) is 43.7 Å². The minimum atomic E-state index is 0.167. The van der Waals surface area contributed by atoms with Gasteiger partial charge in [0.05, 0.1) is 11.6 Å². The molecule has 1 fully saturated rings. The van der Waals surface area contributed by atoms with Crippen molar-refractivity contribution >= 4 is 10.9 Å². The van der Waals surface area contributed by atoms with Crippen LogP contribution in [-0.4, -0.2) is 17.7 Å². The summed E-state index contributed by atoms with van der Waals surface area (Å²) >= 11 is 0. The lowest BCUT2D eigenvalue weighted by molar-refractivity contribution is 0.00854. The van der Waals surface area contributed by atoms with Crippen LogP contribution in [0, 0.1) is 0 Å². The van der Waals surface area contributed by atoms with Gasteiger partial charge < -0.3 is 4.74 Å². The molecular formula is C17H23N3O. The van der Waals surface area contributed by atoms with Crippen molar-refractivity contribution in [1.82, 2.24) is 10.4 Å². The molecule has 3 N–H and O–H groups in total. The highest BCUT2D eigenvalue weighted by Crippen LogP contribution is 2.25. The number of pyridine rings is 1. The molecule has 1 aliphatic heterocycles. The molecule has 1 aromatic heterocycles. The second-order valence-electron chi connectivity index (χ2n) is 5.74. The molecule has 3 rings (SSSR count). The minimum Gasteiger partial charge on any atom is -0.378 e. The minimum absolute atomic E-state index is 0.167. The van der Waals surface area contributed by atoms with Crippen LogP contribution in [-0.2, 0) is 4.74 Å². The van der Waals surface area contributed by atoms with Gasteiger partial charge in [-0.15, -0.1) is 0 Å². The average molecular weight is 285 g/mol. The van der Waals surface area contributed by atoms with Crippen molar-refractivity contribution in [1.29, 1.82) is 0 Å². The molecule has 4 nitrogen and oxygen atoms in total. The first-order chi connectivity index (χ1) is 10.4. The molecular weight excluding hydrogens is 262 g/mol. The van der Waals surface area contributed by atoms with Crippen molar-refractivity contribution in [3.05, 3.63) is 42.1 Å². The van der Waals surface area contributed by atoms with E-state index in [-0.39, 0.29) is 6.04 Å². The number of benzene rings is 1. The van der Waals surface area contributed by atoms with Crippen LogP contribution >= 0.6 is 0 Å². The summed E-state index contributed by atoms with van der Waals surface area (Å²) in [4.78, 5) is 4.36. The Balaban J connectivity index is 1.68. The van der Waals surface area contributed by atoms with Crippen LogP contribution in [0.2, 0.25) is 0 Å². The van der Waals surface area contributed by atoms with E-state index in [1.807, 2.05) is 12.3 Å². The zero-order valence-corrected chi connectivity index (χ0v) is 12.3. The van der Waals surface area contributed by atoms with Crippen LogP contribution in [0.4, 0.5) is 0 Å². The Hall–Kier alpha value is -1.49. The Morgan fingerprint density at radius 2 is 2.29 bits per heavy atom. The van der Waals surface area contributed by atoms with Crippen molar-refractivity contribution in [2.24, 2.45) is 5.84 Å². The summed E-state index contributed by atoms with van der Waals surface area (Å²) in [5, 5.41) is 1.16. The quantitative estimate of drug-likeness (QED) is 0.654. The van der Waals surface area contributed by atoms with Gasteiger partial charge in [0.1, 0.15) is 0 Å². The molecule has 0 bridgehead atoms. The van der Waals surface area contributed by atoms with Crippen LogP contribution < -0.4 is 11.3 Å². The number of aromatic nitrogens is 1. The number of hydrogen-bond donors (Lipinski definition) is 2. The first-order valence-electron chi connectivity index (χ1n) is 7.79. The fourth-order valence-electron chi connectivity index (χ4n) is 3.04. The van der Waals surface area contributed by atoms with E-state index in [9.17, 15) is 0 Å². The van der Waals surface area contributed by atoms with Gasteiger partial charge in [0.2, 0.25) is 0 Å². The van der Waals surface area contributed by atoms with E-state index in [4.69, 9.17) is 10.6 Å². The topological polar surface area (TPSA) is 60.2 Å². The summed E-state index contributed by atoms with van der Waals surface area (Å²) in [5.41, 5.74) is 5.18. The summed E-state index contributed by atoms with van der Waals surface area (Å²) in [7, 11) is 0. The lowest BCUT2D eigenvalue weighted by Crippen LogP contribution is -2.29. The number of rotatable bonds is 5. The molecule has 0 aliphatic carbocycles. The van der Waals surface area contributed by atoms with E-state index < -0.39 is 0 Å². The molecule has 1 aromatic carbocycles. The number of fused-ring (bicyclic) bond motifs is 1. The Morgan fingerprint density at radius 3 is 3.10 bits per heavy atom. The van der Waals surface area contributed by atoms with E-state index in [0.717, 1.165) is 30.4 Å². The van der Waals surface area contributed by atoms with Crippen molar-refractivity contribution in [3.63, 3.8) is 0 Å². The van der Waals surface area contributed by atoms with Gasteiger partial charge in [-0.3, -0.25) is 16.3 Å². The van der Waals surface area contributed by atoms with Gasteiger partial charge >= 0.3 is 0 Å². The van der Waals surface area contributed by atoms with Gasteiger partial charge in [-0.1, -0.05) is 12.1 Å². The molecule has 2 aromatic rings. The fraction of sp³-hybridized carbons (Fsp3) is 0.471. The smallest absolute Gasteiger partial charge is 0.0702 e. The number of ether oxygens (including phenoxy) is 1. The standard InChI is InChI=1S/C17H23N3O/c18-20-17(9-7-15-5-1-2-11-21-15)14-6-8-16-13(12-14)4-3-10-19-16/h3-4,6,8,10,12,15,17,20H,1-2,5,7,9,11,18H2. The number of nitrogens with zero attached hydrogens (tertiary/aromatic N) is 1. The first-order valence-corrected chi connectivity index (χ1v) is 7.79. The maximum absolute atomic E-state index is 5.80. The van der Waals surface area contributed by atoms with Crippen molar-refractivity contribution in [2.45, 2.75) is 44.2 Å². The molecule has 4 heteroatoms. The number of hydrogen-bond acceptors (Lipinski definition) is 4. The van der Waals surface area contributed by atoms with Gasteiger partial charge in [0, 0.05) is 24.2 Å². The molecule has 2 unspecified atom stereocenters. The second kappa shape index (κ2) is 6.98. The van der Waals surface area contributed by atoms with E-state index in [2.05, 4.69) is 34.7 Å². The van der Waals surface area contributed by atoms with E-state index >= 15 is 0 Å². The van der Waals surface area contributed by atoms with Gasteiger partial charge in [-0.05, 0) is 55.9 Å². The van der Waals surface area contributed by atoms with Gasteiger partial charge in [0.25, 0.3) is 0 Å². The van der Waals surface area contributed by atoms with Crippen molar-refractivity contribution in [2.75, 3.05) is 6.61 Å². The lowest BCUT2D eigenvalue weighted by atomic mass is 9.97. The maximum Gasteiger partial charge on any atom is 0.0702 e. The summed E-state index contributed by atoms with van der Waals surface area (Å²) in [6.07, 6.45) is 7.93. The van der Waals surface area contributed by atoms with Gasteiger partial charge in [-0.2, -0.15) is 0 Å². The van der Waals surface area contributed by atoms with Crippen molar-refractivity contribution < 1.29 is 4.74 Å². The van der Waals surface area contributed by atoms with Crippen LogP contribution in [0.5, 0.6) is 0 Å². The number of hydrazine groups is 1. The summed E-state index contributed by atoms with van der Waals surface area (Å²) in [5.74, 6) is 5.76. The molecule has 1 aliphatic rings. The third-order valence-electron chi connectivity index (χ3n) is 4.28. The highest BCUT2D eigenvalue weighted by molar-refractivity contribution is 5.79. The molecule has 0 amide bonds. The molecule has 0 radical (unpaired) electrons. The van der Waals surface area contributed by atoms with E-state index in [1.165, 1.54) is 24.8 Å². The molecule has 21 heavy (non-hydrogen) atoms. The number of nitrogens with two attached hydrogens (primary N) is 1. The normalized spacial score (nSPS) is 20.5. The van der Waals surface area contributed by atoms with Crippen molar-refractivity contribution in [3.8, 4) is 0 Å². The highest BCUT2D eigenvalue weighted by Gasteiger charge is 2.17.